The molecule has 0 aliphatic rings. The largest absolute Gasteiger partial charge is 0.356 e. The lowest BCUT2D eigenvalue weighted by Crippen LogP contribution is -1.95. The molecule has 10 aromatic rings. The van der Waals surface area contributed by atoms with Crippen LogP contribution in [-0.2, 0) is 0 Å². The second-order valence-corrected chi connectivity index (χ2v) is 13.7. The van der Waals surface area contributed by atoms with Gasteiger partial charge in [-0.2, -0.15) is 0 Å². The molecule has 0 amide bonds. The molecule has 8 aromatic carbocycles. The summed E-state index contributed by atoms with van der Waals surface area (Å²) in [4.78, 5) is 0. The van der Waals surface area contributed by atoms with Crippen LogP contribution in [0.3, 0.4) is 0 Å². The maximum atomic E-state index is 3.56. The number of hydrogen-bond acceptors (Lipinski definition) is 2. The van der Waals surface area contributed by atoms with Gasteiger partial charge in [0.15, 0.2) is 0 Å². The summed E-state index contributed by atoms with van der Waals surface area (Å²) in [5.41, 5.74) is 13.7. The number of nitrogens with one attached hydrogen (secondary N) is 2. The fraction of sp³-hybridized carbons (Fsp3) is 0. The van der Waals surface area contributed by atoms with Crippen molar-refractivity contribution in [2.45, 2.75) is 0 Å². The quantitative estimate of drug-likeness (QED) is 0.155. The minimum Gasteiger partial charge on any atom is -0.356 e. The van der Waals surface area contributed by atoms with Gasteiger partial charge >= 0.3 is 0 Å². The minimum atomic E-state index is 1.05. The van der Waals surface area contributed by atoms with Gasteiger partial charge in [-0.25, -0.2) is 0 Å². The first-order valence-electron chi connectivity index (χ1n) is 18.3. The van der Waals surface area contributed by atoms with Gasteiger partial charge < -0.3 is 19.8 Å². The van der Waals surface area contributed by atoms with Gasteiger partial charge in [0, 0.05) is 55.7 Å². The van der Waals surface area contributed by atoms with Crippen LogP contribution in [0.4, 0.5) is 22.7 Å². The van der Waals surface area contributed by atoms with E-state index < -0.39 is 0 Å². The van der Waals surface area contributed by atoms with E-state index in [2.05, 4.69) is 226 Å². The molecular formula is C50H36N4. The van der Waals surface area contributed by atoms with E-state index >= 15 is 0 Å². The van der Waals surface area contributed by atoms with E-state index in [1.165, 1.54) is 43.6 Å². The van der Waals surface area contributed by atoms with Crippen LogP contribution in [0.25, 0.3) is 67.1 Å². The van der Waals surface area contributed by atoms with Crippen molar-refractivity contribution >= 4 is 78.5 Å². The molecule has 0 fully saturated rings. The average Bonchev–Trinajstić information content (AvgIpc) is 3.75. The maximum Gasteiger partial charge on any atom is 0.0541 e. The summed E-state index contributed by atoms with van der Waals surface area (Å²) in [5.74, 6) is 0. The van der Waals surface area contributed by atoms with Crippen LogP contribution < -0.4 is 10.6 Å². The van der Waals surface area contributed by atoms with Crippen molar-refractivity contribution in [1.82, 2.24) is 9.13 Å². The molecule has 0 saturated heterocycles. The van der Waals surface area contributed by atoms with Gasteiger partial charge in [0.2, 0.25) is 0 Å². The van der Waals surface area contributed by atoms with Gasteiger partial charge in [0.1, 0.15) is 0 Å². The van der Waals surface area contributed by atoms with Crippen LogP contribution >= 0.6 is 0 Å². The first-order valence-corrected chi connectivity index (χ1v) is 18.3. The zero-order valence-electron chi connectivity index (χ0n) is 29.5. The van der Waals surface area contributed by atoms with Crippen LogP contribution in [0, 0.1) is 0 Å². The number of hydrogen-bond donors (Lipinski definition) is 2. The molecule has 0 spiro atoms. The molecule has 0 radical (unpaired) electrons. The number of rotatable bonds is 8. The number of para-hydroxylation sites is 4. The number of fused-ring (bicyclic) bond motifs is 6. The summed E-state index contributed by atoms with van der Waals surface area (Å²) in [6, 6.07) is 68.8. The highest BCUT2D eigenvalue weighted by molar-refractivity contribution is 6.10. The normalized spacial score (nSPS) is 11.6. The van der Waals surface area contributed by atoms with Crippen LogP contribution in [0.1, 0.15) is 11.1 Å². The van der Waals surface area contributed by atoms with E-state index in [1.54, 1.807) is 0 Å². The maximum absolute atomic E-state index is 3.56. The standard InChI is InChI=1S/C50H36N4/c1-5-13-47-43(9-1)44-10-2-6-14-48(44)53(47)41-31-27-39(28-32-41)51-37-23-19-35(20-24-37)17-18-36-21-25-38(26-22-36)52-40-29-33-42(34-30-40)54-49-15-7-3-11-45(49)46-12-4-8-16-50(46)54/h1-34,51-52H. The van der Waals surface area contributed by atoms with Crippen molar-refractivity contribution in [1.29, 1.82) is 0 Å². The summed E-state index contributed by atoms with van der Waals surface area (Å²) in [7, 11) is 0. The first-order chi connectivity index (χ1) is 26.7. The molecule has 0 bridgehead atoms. The lowest BCUT2D eigenvalue weighted by Gasteiger charge is -2.11. The predicted octanol–water partition coefficient (Wildman–Crippen LogP) is 13.5. The highest BCUT2D eigenvalue weighted by Gasteiger charge is 2.12. The number of anilines is 4. The molecule has 0 aliphatic heterocycles. The molecule has 54 heavy (non-hydrogen) atoms. The predicted molar refractivity (Wildman–Crippen MR) is 230 cm³/mol. The van der Waals surface area contributed by atoms with Crippen molar-refractivity contribution in [2.24, 2.45) is 0 Å². The third-order valence-electron chi connectivity index (χ3n) is 10.3. The molecule has 4 nitrogen and oxygen atoms in total. The second kappa shape index (κ2) is 13.4. The van der Waals surface area contributed by atoms with Crippen LogP contribution in [0.5, 0.6) is 0 Å². The average molecular weight is 693 g/mol. The van der Waals surface area contributed by atoms with Gasteiger partial charge in [-0.3, -0.25) is 0 Å². The monoisotopic (exact) mass is 692 g/mol. The zero-order valence-corrected chi connectivity index (χ0v) is 29.5. The summed E-state index contributed by atoms with van der Waals surface area (Å²) < 4.78 is 4.68. The molecule has 256 valence electrons. The van der Waals surface area contributed by atoms with Crippen LogP contribution in [-0.4, -0.2) is 9.13 Å². The number of aromatic nitrogens is 2. The first kappa shape index (κ1) is 31.4. The second-order valence-electron chi connectivity index (χ2n) is 13.7. The Morgan fingerprint density at radius 2 is 0.537 bits per heavy atom. The summed E-state index contributed by atoms with van der Waals surface area (Å²) in [5, 5.41) is 12.2. The van der Waals surface area contributed by atoms with Crippen molar-refractivity contribution in [3.63, 3.8) is 0 Å². The molecule has 2 heterocycles. The Balaban J connectivity index is 0.785. The van der Waals surface area contributed by atoms with E-state index in [0.29, 0.717) is 0 Å². The van der Waals surface area contributed by atoms with Gasteiger partial charge in [-0.15, -0.1) is 0 Å². The third-order valence-corrected chi connectivity index (χ3v) is 10.3. The Bertz CT molecular complexity index is 2640. The summed E-state index contributed by atoms with van der Waals surface area (Å²) in [6.07, 6.45) is 4.31. The lowest BCUT2D eigenvalue weighted by molar-refractivity contribution is 1.18. The minimum absolute atomic E-state index is 1.05. The SMILES string of the molecule is C(=Cc1ccc(Nc2ccc(-n3c4ccccc4c4ccccc43)cc2)cc1)c1ccc(Nc2ccc(-n3c4ccccc4c4ccccc43)cc2)cc1. The molecule has 0 aliphatic carbocycles. The molecule has 0 saturated carbocycles. The van der Waals surface area contributed by atoms with Gasteiger partial charge in [0.25, 0.3) is 0 Å². The molecule has 10 rings (SSSR count). The van der Waals surface area contributed by atoms with E-state index in [-0.39, 0.29) is 0 Å². The fourth-order valence-corrected chi connectivity index (χ4v) is 7.67. The number of benzene rings is 8. The third kappa shape index (κ3) is 5.76. The molecule has 0 unspecified atom stereocenters. The van der Waals surface area contributed by atoms with Crippen molar-refractivity contribution in [2.75, 3.05) is 10.6 Å². The van der Waals surface area contributed by atoms with Crippen molar-refractivity contribution < 1.29 is 0 Å². The van der Waals surface area contributed by atoms with E-state index in [1.807, 2.05) is 0 Å². The Hall–Kier alpha value is -7.30. The van der Waals surface area contributed by atoms with E-state index in [0.717, 1.165) is 45.3 Å². The van der Waals surface area contributed by atoms with Gasteiger partial charge in [-0.05, 0) is 108 Å². The highest BCUT2D eigenvalue weighted by atomic mass is 15.0. The highest BCUT2D eigenvalue weighted by Crippen LogP contribution is 2.34. The van der Waals surface area contributed by atoms with Crippen molar-refractivity contribution in [3.05, 3.63) is 205 Å². The van der Waals surface area contributed by atoms with Crippen molar-refractivity contribution in [3.8, 4) is 11.4 Å². The molecule has 2 aromatic heterocycles. The van der Waals surface area contributed by atoms with E-state index in [4.69, 9.17) is 0 Å². The Morgan fingerprint density at radius 1 is 0.278 bits per heavy atom. The summed E-state index contributed by atoms with van der Waals surface area (Å²) in [6.45, 7) is 0. The van der Waals surface area contributed by atoms with Crippen LogP contribution in [0.2, 0.25) is 0 Å². The molecule has 0 atom stereocenters. The fourth-order valence-electron chi connectivity index (χ4n) is 7.67. The Labute approximate surface area is 313 Å². The zero-order chi connectivity index (χ0) is 35.8. The molecule has 2 N–H and O–H groups in total. The molecule has 4 heteroatoms. The van der Waals surface area contributed by atoms with Crippen LogP contribution in [0.15, 0.2) is 194 Å². The lowest BCUT2D eigenvalue weighted by atomic mass is 10.1. The Kier molecular flexibility index (Phi) is 7.77. The summed E-state index contributed by atoms with van der Waals surface area (Å²) >= 11 is 0. The Morgan fingerprint density at radius 3 is 0.833 bits per heavy atom. The van der Waals surface area contributed by atoms with Gasteiger partial charge in [0.05, 0.1) is 22.1 Å². The molecular weight excluding hydrogens is 657 g/mol. The smallest absolute Gasteiger partial charge is 0.0541 e. The van der Waals surface area contributed by atoms with Gasteiger partial charge in [-0.1, -0.05) is 109 Å². The number of nitrogens with zero attached hydrogens (tertiary/aromatic N) is 2. The topological polar surface area (TPSA) is 33.9 Å². The van der Waals surface area contributed by atoms with E-state index in [9.17, 15) is 0 Å².